The highest BCUT2D eigenvalue weighted by Crippen LogP contribution is 2.11. The Morgan fingerprint density at radius 1 is 1.38 bits per heavy atom. The van der Waals surface area contributed by atoms with E-state index in [0.717, 1.165) is 31.6 Å². The van der Waals surface area contributed by atoms with Gasteiger partial charge in [-0.2, -0.15) is 10.1 Å². The second kappa shape index (κ2) is 8.39. The number of hydrazone groups is 1. The van der Waals surface area contributed by atoms with Crippen molar-refractivity contribution in [3.05, 3.63) is 29.8 Å². The Balaban J connectivity index is 1.68. The van der Waals surface area contributed by atoms with Crippen LogP contribution in [0.4, 0.5) is 5.69 Å². The Hall–Kier alpha value is -1.92. The predicted molar refractivity (Wildman–Crippen MR) is 88.4 cm³/mol. The molecule has 0 saturated carbocycles. The first-order valence-electron chi connectivity index (χ1n) is 7.24. The van der Waals surface area contributed by atoms with Crippen LogP contribution in [0.25, 0.3) is 0 Å². The predicted octanol–water partition coefficient (Wildman–Crippen LogP) is 1.73. The van der Waals surface area contributed by atoms with Gasteiger partial charge in [0.25, 0.3) is 0 Å². The second-order valence-electron chi connectivity index (χ2n) is 5.35. The van der Waals surface area contributed by atoms with Crippen molar-refractivity contribution in [2.45, 2.75) is 19.4 Å². The van der Waals surface area contributed by atoms with Crippen LogP contribution >= 0.6 is 0 Å². The van der Waals surface area contributed by atoms with E-state index in [2.05, 4.69) is 52.1 Å². The van der Waals surface area contributed by atoms with Crippen molar-refractivity contribution in [3.8, 4) is 0 Å². The first kappa shape index (κ1) is 15.5. The maximum absolute atomic E-state index is 4.24. The number of nitrogens with zero attached hydrogens (tertiary/aromatic N) is 4. The highest BCUT2D eigenvalue weighted by molar-refractivity contribution is 5.59. The number of aliphatic imine (C=N–C) groups is 1. The first-order valence-corrected chi connectivity index (χ1v) is 7.24. The number of hydrazine groups is 1. The molecule has 0 amide bonds. The fourth-order valence-corrected chi connectivity index (χ4v) is 1.99. The van der Waals surface area contributed by atoms with Gasteiger partial charge in [0.15, 0.2) is 0 Å². The zero-order valence-electron chi connectivity index (χ0n) is 12.8. The molecule has 0 atom stereocenters. The van der Waals surface area contributed by atoms with Crippen molar-refractivity contribution >= 4 is 18.2 Å². The zero-order valence-corrected chi connectivity index (χ0v) is 12.8. The molecule has 1 aromatic rings. The molecule has 0 unspecified atom stereocenters. The van der Waals surface area contributed by atoms with Gasteiger partial charge in [-0.15, -0.1) is 0 Å². The summed E-state index contributed by atoms with van der Waals surface area (Å²) >= 11 is 0. The van der Waals surface area contributed by atoms with Crippen LogP contribution < -0.4 is 10.9 Å². The molecule has 114 valence electrons. The summed E-state index contributed by atoms with van der Waals surface area (Å²) in [6, 6.07) is 8.29. The molecule has 6 heteroatoms. The number of hydrogen-bond acceptors (Lipinski definition) is 6. The average molecular weight is 288 g/mol. The molecular formula is C15H24N6. The molecule has 0 spiro atoms. The Kier molecular flexibility index (Phi) is 6.18. The molecule has 0 saturated heterocycles. The SMILES string of the molecule is CN(C)CCC/C=N/Nc1ccc(CN2CN=CN2)cc1. The molecule has 1 aliphatic heterocycles. The van der Waals surface area contributed by atoms with E-state index in [0.29, 0.717) is 6.67 Å². The van der Waals surface area contributed by atoms with Crippen LogP contribution in [0.1, 0.15) is 18.4 Å². The summed E-state index contributed by atoms with van der Waals surface area (Å²) in [6.07, 6.45) is 5.77. The lowest BCUT2D eigenvalue weighted by Gasteiger charge is -2.14. The van der Waals surface area contributed by atoms with Crippen molar-refractivity contribution in [2.75, 3.05) is 32.7 Å². The zero-order chi connectivity index (χ0) is 14.9. The smallest absolute Gasteiger partial charge is 0.110 e. The standard InChI is InChI=1S/C15H24N6/c1-20(2)10-4-3-9-17-19-15-7-5-14(6-8-15)11-21-13-16-12-18-21/h5-9,12,19H,3-4,10-11,13H2,1-2H3,(H,16,18)/b17-9+. The third-order valence-electron chi connectivity index (χ3n) is 3.13. The average Bonchev–Trinajstić information content (AvgIpc) is 2.97. The van der Waals surface area contributed by atoms with Gasteiger partial charge in [-0.1, -0.05) is 12.1 Å². The first-order chi connectivity index (χ1) is 10.2. The lowest BCUT2D eigenvalue weighted by atomic mass is 10.2. The second-order valence-corrected chi connectivity index (χ2v) is 5.35. The van der Waals surface area contributed by atoms with E-state index >= 15 is 0 Å². The molecule has 0 bridgehead atoms. The molecule has 0 aromatic heterocycles. The summed E-state index contributed by atoms with van der Waals surface area (Å²) in [5.41, 5.74) is 8.39. The molecule has 2 N–H and O–H groups in total. The van der Waals surface area contributed by atoms with Gasteiger partial charge in [0.1, 0.15) is 6.67 Å². The van der Waals surface area contributed by atoms with Crippen molar-refractivity contribution in [1.29, 1.82) is 0 Å². The van der Waals surface area contributed by atoms with E-state index in [1.165, 1.54) is 5.56 Å². The normalized spacial score (nSPS) is 15.0. The molecule has 21 heavy (non-hydrogen) atoms. The van der Waals surface area contributed by atoms with E-state index in [-0.39, 0.29) is 0 Å². The summed E-state index contributed by atoms with van der Waals surface area (Å²) in [5, 5.41) is 6.28. The van der Waals surface area contributed by atoms with Gasteiger partial charge in [0.2, 0.25) is 0 Å². The van der Waals surface area contributed by atoms with E-state index in [4.69, 9.17) is 0 Å². The molecule has 1 aliphatic rings. The number of rotatable bonds is 8. The minimum absolute atomic E-state index is 0.706. The molecular weight excluding hydrogens is 264 g/mol. The van der Waals surface area contributed by atoms with Gasteiger partial charge >= 0.3 is 0 Å². The molecule has 2 rings (SSSR count). The van der Waals surface area contributed by atoms with Gasteiger partial charge in [-0.3, -0.25) is 10.4 Å². The molecule has 1 aromatic carbocycles. The Morgan fingerprint density at radius 3 is 2.86 bits per heavy atom. The maximum Gasteiger partial charge on any atom is 0.110 e. The van der Waals surface area contributed by atoms with Crippen LogP contribution in [0, 0.1) is 0 Å². The van der Waals surface area contributed by atoms with Gasteiger partial charge in [0.05, 0.1) is 12.0 Å². The lowest BCUT2D eigenvalue weighted by Crippen LogP contribution is -2.30. The minimum Gasteiger partial charge on any atom is -0.309 e. The number of unbranched alkanes of at least 4 members (excludes halogenated alkanes) is 1. The maximum atomic E-state index is 4.24. The fraction of sp³-hybridized carbons (Fsp3) is 0.467. The molecule has 0 aliphatic carbocycles. The van der Waals surface area contributed by atoms with Gasteiger partial charge in [-0.05, 0) is 51.2 Å². The molecule has 0 radical (unpaired) electrons. The summed E-state index contributed by atoms with van der Waals surface area (Å²) in [5.74, 6) is 0. The largest absolute Gasteiger partial charge is 0.309 e. The van der Waals surface area contributed by atoms with Gasteiger partial charge in [-0.25, -0.2) is 0 Å². The summed E-state index contributed by atoms with van der Waals surface area (Å²) in [6.45, 7) is 2.64. The van der Waals surface area contributed by atoms with E-state index < -0.39 is 0 Å². The van der Waals surface area contributed by atoms with E-state index in [9.17, 15) is 0 Å². The quantitative estimate of drug-likeness (QED) is 0.434. The Morgan fingerprint density at radius 2 is 2.19 bits per heavy atom. The van der Waals surface area contributed by atoms with Crippen molar-refractivity contribution in [2.24, 2.45) is 10.1 Å². The van der Waals surface area contributed by atoms with E-state index in [1.54, 1.807) is 6.34 Å². The minimum atomic E-state index is 0.706. The Bertz CT molecular complexity index is 458. The topological polar surface area (TPSA) is 55.3 Å². The third-order valence-corrected chi connectivity index (χ3v) is 3.13. The number of nitrogens with one attached hydrogen (secondary N) is 2. The third kappa shape index (κ3) is 5.93. The van der Waals surface area contributed by atoms with Crippen LogP contribution in [0.15, 0.2) is 34.4 Å². The van der Waals surface area contributed by atoms with Crippen LogP contribution in [-0.4, -0.2) is 49.8 Å². The van der Waals surface area contributed by atoms with Crippen LogP contribution in [0.5, 0.6) is 0 Å². The van der Waals surface area contributed by atoms with Crippen molar-refractivity contribution in [3.63, 3.8) is 0 Å². The number of anilines is 1. The van der Waals surface area contributed by atoms with Gasteiger partial charge < -0.3 is 10.3 Å². The van der Waals surface area contributed by atoms with Crippen molar-refractivity contribution in [1.82, 2.24) is 15.3 Å². The molecule has 0 fully saturated rings. The Labute approximate surface area is 126 Å². The van der Waals surface area contributed by atoms with Crippen LogP contribution in [0.3, 0.4) is 0 Å². The van der Waals surface area contributed by atoms with Crippen LogP contribution in [0.2, 0.25) is 0 Å². The lowest BCUT2D eigenvalue weighted by molar-refractivity contribution is 0.259. The summed E-state index contributed by atoms with van der Waals surface area (Å²) in [4.78, 5) is 6.29. The summed E-state index contributed by atoms with van der Waals surface area (Å²) < 4.78 is 0. The number of hydrogen-bond donors (Lipinski definition) is 2. The number of benzene rings is 1. The molecule has 6 nitrogen and oxygen atoms in total. The monoisotopic (exact) mass is 288 g/mol. The van der Waals surface area contributed by atoms with Crippen LogP contribution in [-0.2, 0) is 6.54 Å². The fourth-order valence-electron chi connectivity index (χ4n) is 1.99. The molecule has 1 heterocycles. The van der Waals surface area contributed by atoms with E-state index in [1.807, 2.05) is 23.4 Å². The summed E-state index contributed by atoms with van der Waals surface area (Å²) in [7, 11) is 4.17. The van der Waals surface area contributed by atoms with Gasteiger partial charge in [0, 0.05) is 12.8 Å². The highest BCUT2D eigenvalue weighted by atomic mass is 15.6. The van der Waals surface area contributed by atoms with Crippen molar-refractivity contribution < 1.29 is 0 Å². The highest BCUT2D eigenvalue weighted by Gasteiger charge is 2.06.